The van der Waals surface area contributed by atoms with Crippen molar-refractivity contribution in [2.24, 2.45) is 0 Å². The summed E-state index contributed by atoms with van der Waals surface area (Å²) >= 11 is 0. The van der Waals surface area contributed by atoms with Gasteiger partial charge in [0.1, 0.15) is 0 Å². The van der Waals surface area contributed by atoms with Crippen LogP contribution < -0.4 is 5.32 Å². The van der Waals surface area contributed by atoms with E-state index in [0.717, 1.165) is 12.2 Å². The van der Waals surface area contributed by atoms with Crippen molar-refractivity contribution in [2.45, 2.75) is 0 Å². The SMILES string of the molecule is O=C(O)/C=C/C(=O)Nc1ccccc1C(=O)N1CCOCC1. The first-order valence-corrected chi connectivity index (χ1v) is 6.76. The molecule has 0 radical (unpaired) electrons. The third-order valence-corrected chi connectivity index (χ3v) is 3.09. The lowest BCUT2D eigenvalue weighted by atomic mass is 10.1. The summed E-state index contributed by atoms with van der Waals surface area (Å²) in [5.74, 6) is -2.01. The number of morpholine rings is 1. The smallest absolute Gasteiger partial charge is 0.328 e. The van der Waals surface area contributed by atoms with Gasteiger partial charge in [-0.25, -0.2) is 4.79 Å². The maximum absolute atomic E-state index is 12.5. The zero-order valence-corrected chi connectivity index (χ0v) is 11.8. The van der Waals surface area contributed by atoms with Gasteiger partial charge < -0.3 is 20.1 Å². The minimum Gasteiger partial charge on any atom is -0.478 e. The van der Waals surface area contributed by atoms with Gasteiger partial charge in [0, 0.05) is 25.2 Å². The van der Waals surface area contributed by atoms with Gasteiger partial charge in [-0.15, -0.1) is 0 Å². The van der Waals surface area contributed by atoms with Gasteiger partial charge in [0.05, 0.1) is 24.5 Å². The molecule has 0 aliphatic carbocycles. The molecule has 0 aromatic heterocycles. The number of para-hydroxylation sites is 1. The molecule has 0 saturated carbocycles. The summed E-state index contributed by atoms with van der Waals surface area (Å²) in [7, 11) is 0. The molecular weight excluding hydrogens is 288 g/mol. The zero-order valence-electron chi connectivity index (χ0n) is 11.8. The van der Waals surface area contributed by atoms with E-state index in [-0.39, 0.29) is 5.91 Å². The van der Waals surface area contributed by atoms with Gasteiger partial charge in [0.25, 0.3) is 5.91 Å². The second kappa shape index (κ2) is 7.37. The van der Waals surface area contributed by atoms with Crippen molar-refractivity contribution in [1.82, 2.24) is 4.90 Å². The Morgan fingerprint density at radius 1 is 1.14 bits per heavy atom. The first-order valence-electron chi connectivity index (χ1n) is 6.76. The fraction of sp³-hybridized carbons (Fsp3) is 0.267. The summed E-state index contributed by atoms with van der Waals surface area (Å²) in [5.41, 5.74) is 0.709. The van der Waals surface area contributed by atoms with Gasteiger partial charge in [0.15, 0.2) is 0 Å². The maximum Gasteiger partial charge on any atom is 0.328 e. The topological polar surface area (TPSA) is 95.9 Å². The van der Waals surface area contributed by atoms with Crippen molar-refractivity contribution in [2.75, 3.05) is 31.6 Å². The van der Waals surface area contributed by atoms with E-state index >= 15 is 0 Å². The van der Waals surface area contributed by atoms with E-state index in [1.807, 2.05) is 0 Å². The summed E-state index contributed by atoms with van der Waals surface area (Å²) in [6.45, 7) is 1.98. The highest BCUT2D eigenvalue weighted by atomic mass is 16.5. The fourth-order valence-corrected chi connectivity index (χ4v) is 2.04. The van der Waals surface area contributed by atoms with Crippen LogP contribution in [0, 0.1) is 0 Å². The highest BCUT2D eigenvalue weighted by molar-refractivity contribution is 6.07. The molecule has 7 nitrogen and oxygen atoms in total. The fourth-order valence-electron chi connectivity index (χ4n) is 2.04. The Balaban J connectivity index is 2.14. The number of carboxylic acids is 1. The molecule has 1 saturated heterocycles. The number of benzene rings is 1. The van der Waals surface area contributed by atoms with Crippen LogP contribution in [0.25, 0.3) is 0 Å². The van der Waals surface area contributed by atoms with Crippen LogP contribution in [0.1, 0.15) is 10.4 Å². The van der Waals surface area contributed by atoms with Crippen LogP contribution in [-0.4, -0.2) is 54.1 Å². The second-order valence-electron chi connectivity index (χ2n) is 4.61. The number of carboxylic acid groups (broad SMARTS) is 1. The number of aliphatic carboxylic acids is 1. The molecule has 0 unspecified atom stereocenters. The molecule has 1 heterocycles. The standard InChI is InChI=1S/C15H16N2O5/c18-13(5-6-14(19)20)16-12-4-2-1-3-11(12)15(21)17-7-9-22-10-8-17/h1-6H,7-10H2,(H,16,18)(H,19,20)/b6-5+. The summed E-state index contributed by atoms with van der Waals surface area (Å²) in [5, 5.41) is 11.0. The molecule has 1 aromatic carbocycles. The Morgan fingerprint density at radius 3 is 2.50 bits per heavy atom. The molecule has 2 N–H and O–H groups in total. The van der Waals surface area contributed by atoms with Gasteiger partial charge in [-0.2, -0.15) is 0 Å². The lowest BCUT2D eigenvalue weighted by molar-refractivity contribution is -0.131. The molecule has 0 atom stereocenters. The van der Waals surface area contributed by atoms with Gasteiger partial charge in [-0.05, 0) is 12.1 Å². The molecule has 22 heavy (non-hydrogen) atoms. The minimum absolute atomic E-state index is 0.193. The van der Waals surface area contributed by atoms with E-state index in [9.17, 15) is 14.4 Å². The number of ether oxygens (including phenoxy) is 1. The number of amides is 2. The van der Waals surface area contributed by atoms with E-state index in [0.29, 0.717) is 37.6 Å². The third-order valence-electron chi connectivity index (χ3n) is 3.09. The Labute approximate surface area is 127 Å². The summed E-state index contributed by atoms with van der Waals surface area (Å²) in [6.07, 6.45) is 1.64. The van der Waals surface area contributed by atoms with Crippen LogP contribution >= 0.6 is 0 Å². The van der Waals surface area contributed by atoms with Crippen molar-refractivity contribution in [1.29, 1.82) is 0 Å². The predicted octanol–water partition coefficient (Wildman–Crippen LogP) is 0.738. The summed E-state index contributed by atoms with van der Waals surface area (Å²) < 4.78 is 5.21. The minimum atomic E-state index is -1.21. The number of nitrogens with zero attached hydrogens (tertiary/aromatic N) is 1. The largest absolute Gasteiger partial charge is 0.478 e. The highest BCUT2D eigenvalue weighted by Gasteiger charge is 2.21. The molecule has 2 rings (SSSR count). The van der Waals surface area contributed by atoms with Crippen LogP contribution in [-0.2, 0) is 14.3 Å². The molecule has 1 aliphatic rings. The lowest BCUT2D eigenvalue weighted by Gasteiger charge is -2.27. The number of nitrogens with one attached hydrogen (secondary N) is 1. The van der Waals surface area contributed by atoms with E-state index < -0.39 is 11.9 Å². The van der Waals surface area contributed by atoms with Crippen LogP contribution in [0.4, 0.5) is 5.69 Å². The summed E-state index contributed by atoms with van der Waals surface area (Å²) in [4.78, 5) is 36.2. The number of hydrogen-bond acceptors (Lipinski definition) is 4. The third kappa shape index (κ3) is 4.16. The second-order valence-corrected chi connectivity index (χ2v) is 4.61. The monoisotopic (exact) mass is 304 g/mol. The molecule has 1 aliphatic heterocycles. The van der Waals surface area contributed by atoms with Gasteiger partial charge in [0.2, 0.25) is 5.91 Å². The van der Waals surface area contributed by atoms with E-state index in [4.69, 9.17) is 9.84 Å². The van der Waals surface area contributed by atoms with E-state index in [1.165, 1.54) is 0 Å². The van der Waals surface area contributed by atoms with Gasteiger partial charge in [-0.3, -0.25) is 9.59 Å². The molecule has 0 spiro atoms. The Bertz CT molecular complexity index is 606. The average molecular weight is 304 g/mol. The van der Waals surface area contributed by atoms with Crippen LogP contribution in [0.3, 0.4) is 0 Å². The Hall–Kier alpha value is -2.67. The van der Waals surface area contributed by atoms with Crippen LogP contribution in [0.5, 0.6) is 0 Å². The Morgan fingerprint density at radius 2 is 1.82 bits per heavy atom. The molecule has 1 aromatic rings. The van der Waals surface area contributed by atoms with Crippen LogP contribution in [0.2, 0.25) is 0 Å². The number of carbonyl (C=O) groups excluding carboxylic acids is 2. The predicted molar refractivity (Wildman–Crippen MR) is 78.6 cm³/mol. The number of carbonyl (C=O) groups is 3. The number of rotatable bonds is 4. The molecule has 0 bridgehead atoms. The van der Waals surface area contributed by atoms with Gasteiger partial charge >= 0.3 is 5.97 Å². The quantitative estimate of drug-likeness (QED) is 0.800. The van der Waals surface area contributed by atoms with Crippen molar-refractivity contribution in [3.05, 3.63) is 42.0 Å². The molecule has 2 amide bonds. The first kappa shape index (κ1) is 15.7. The lowest BCUT2D eigenvalue weighted by Crippen LogP contribution is -2.41. The van der Waals surface area contributed by atoms with Crippen molar-refractivity contribution >= 4 is 23.5 Å². The van der Waals surface area contributed by atoms with Crippen molar-refractivity contribution in [3.63, 3.8) is 0 Å². The molecule has 7 heteroatoms. The molecular formula is C15H16N2O5. The van der Waals surface area contributed by atoms with Crippen molar-refractivity contribution in [3.8, 4) is 0 Å². The van der Waals surface area contributed by atoms with E-state index in [2.05, 4.69) is 5.32 Å². The van der Waals surface area contributed by atoms with E-state index in [1.54, 1.807) is 29.2 Å². The maximum atomic E-state index is 12.5. The first-order chi connectivity index (χ1) is 10.6. The highest BCUT2D eigenvalue weighted by Crippen LogP contribution is 2.18. The van der Waals surface area contributed by atoms with Crippen LogP contribution in [0.15, 0.2) is 36.4 Å². The zero-order chi connectivity index (χ0) is 15.9. The summed E-state index contributed by atoms with van der Waals surface area (Å²) in [6, 6.07) is 6.61. The van der Waals surface area contributed by atoms with Gasteiger partial charge in [-0.1, -0.05) is 12.1 Å². The normalized spacial score (nSPS) is 14.8. The number of anilines is 1. The Kier molecular flexibility index (Phi) is 5.26. The average Bonchev–Trinajstić information content (AvgIpc) is 2.53. The molecule has 116 valence electrons. The number of hydrogen-bond donors (Lipinski definition) is 2. The van der Waals surface area contributed by atoms with Crippen molar-refractivity contribution < 1.29 is 24.2 Å². The molecule has 1 fully saturated rings.